The second kappa shape index (κ2) is 7.40. The summed E-state index contributed by atoms with van der Waals surface area (Å²) in [6, 6.07) is -1.40. The number of rotatable bonds is 6. The number of carboxylic acid groups (broad SMARTS) is 1. The fourth-order valence-corrected chi connectivity index (χ4v) is 1.07. The summed E-state index contributed by atoms with van der Waals surface area (Å²) in [5.74, 6) is -2.06. The van der Waals surface area contributed by atoms with E-state index in [0.717, 1.165) is 0 Å². The molecule has 2 N–H and O–H groups in total. The number of amides is 1. The normalized spacial score (nSPS) is 12.2. The Morgan fingerprint density at radius 1 is 1.37 bits per heavy atom. The minimum Gasteiger partial charge on any atom is -0.480 e. The summed E-state index contributed by atoms with van der Waals surface area (Å²) in [5, 5.41) is 11.0. The highest BCUT2D eigenvalue weighted by Crippen LogP contribution is 2.09. The van der Waals surface area contributed by atoms with E-state index in [1.54, 1.807) is 20.8 Å². The first-order valence-electron chi connectivity index (χ1n) is 5.64. The third kappa shape index (κ3) is 8.64. The molecule has 1 amide bonds. The van der Waals surface area contributed by atoms with Crippen molar-refractivity contribution in [3.8, 4) is 0 Å². The Hall–Kier alpha value is -2.05. The van der Waals surface area contributed by atoms with Gasteiger partial charge in [-0.1, -0.05) is 12.7 Å². The van der Waals surface area contributed by atoms with Gasteiger partial charge in [0.2, 0.25) is 0 Å². The second-order valence-corrected chi connectivity index (χ2v) is 4.71. The van der Waals surface area contributed by atoms with Crippen LogP contribution < -0.4 is 5.32 Å². The molecular formula is C12H19NO6. The molecule has 0 saturated carbocycles. The number of nitrogens with one attached hydrogen (secondary N) is 1. The fourth-order valence-electron chi connectivity index (χ4n) is 1.07. The molecule has 108 valence electrons. The zero-order valence-corrected chi connectivity index (χ0v) is 11.3. The Balaban J connectivity index is 4.42. The highest BCUT2D eigenvalue weighted by atomic mass is 16.6. The lowest BCUT2D eigenvalue weighted by Gasteiger charge is -2.21. The van der Waals surface area contributed by atoms with Crippen molar-refractivity contribution < 1.29 is 29.0 Å². The van der Waals surface area contributed by atoms with Crippen molar-refractivity contribution >= 4 is 18.0 Å². The number of carboxylic acids is 1. The van der Waals surface area contributed by atoms with Crippen molar-refractivity contribution in [1.29, 1.82) is 0 Å². The van der Waals surface area contributed by atoms with E-state index < -0.39 is 36.1 Å². The van der Waals surface area contributed by atoms with E-state index in [4.69, 9.17) is 9.84 Å². The molecule has 0 fully saturated rings. The third-order valence-electron chi connectivity index (χ3n) is 1.71. The summed E-state index contributed by atoms with van der Waals surface area (Å²) in [4.78, 5) is 33.6. The van der Waals surface area contributed by atoms with Gasteiger partial charge in [-0.15, -0.1) is 0 Å². The van der Waals surface area contributed by atoms with E-state index >= 15 is 0 Å². The van der Waals surface area contributed by atoms with Crippen LogP contribution in [0.25, 0.3) is 0 Å². The number of alkyl carbamates (subject to hydrolysis) is 1. The summed E-state index contributed by atoms with van der Waals surface area (Å²) >= 11 is 0. The molecule has 7 nitrogen and oxygen atoms in total. The minimum atomic E-state index is -1.40. The number of carbonyl (C=O) groups excluding carboxylic acids is 2. The summed E-state index contributed by atoms with van der Waals surface area (Å²) in [5.41, 5.74) is -0.719. The van der Waals surface area contributed by atoms with Crippen molar-refractivity contribution in [1.82, 2.24) is 5.32 Å². The topological polar surface area (TPSA) is 102 Å². The highest BCUT2D eigenvalue weighted by molar-refractivity contribution is 5.85. The summed E-state index contributed by atoms with van der Waals surface area (Å²) in [6.07, 6.45) is -0.0743. The molecule has 0 aromatic carbocycles. The molecule has 0 aromatic rings. The van der Waals surface area contributed by atoms with Gasteiger partial charge < -0.3 is 19.9 Å². The Labute approximate surface area is 111 Å². The maximum Gasteiger partial charge on any atom is 0.408 e. The van der Waals surface area contributed by atoms with Crippen molar-refractivity contribution in [2.75, 3.05) is 6.61 Å². The molecule has 0 radical (unpaired) electrons. The monoisotopic (exact) mass is 273 g/mol. The molecule has 1 atom stereocenters. The molecular weight excluding hydrogens is 254 g/mol. The third-order valence-corrected chi connectivity index (χ3v) is 1.71. The van der Waals surface area contributed by atoms with E-state index in [-0.39, 0.29) is 6.61 Å². The standard InChI is InChI=1S/C12H19NO6/c1-5-6-18-11(17)13-8(10(15)16)7-9(14)19-12(2,3)4/h5,8H,1,6-7H2,2-4H3,(H,13,17)(H,15,16). The molecule has 0 aromatic heterocycles. The van der Waals surface area contributed by atoms with Crippen LogP contribution >= 0.6 is 0 Å². The van der Waals surface area contributed by atoms with Crippen LogP contribution in [-0.4, -0.2) is 41.4 Å². The summed E-state index contributed by atoms with van der Waals surface area (Å²) < 4.78 is 9.54. The Kier molecular flexibility index (Phi) is 6.60. The SMILES string of the molecule is C=CCOC(=O)NC(CC(=O)OC(C)(C)C)C(=O)O. The first-order chi connectivity index (χ1) is 8.65. The summed E-state index contributed by atoms with van der Waals surface area (Å²) in [6.45, 7) is 8.27. The first-order valence-corrected chi connectivity index (χ1v) is 5.64. The lowest BCUT2D eigenvalue weighted by Crippen LogP contribution is -2.43. The van der Waals surface area contributed by atoms with Gasteiger partial charge in [-0.05, 0) is 20.8 Å². The predicted molar refractivity (Wildman–Crippen MR) is 66.6 cm³/mol. The van der Waals surface area contributed by atoms with Crippen LogP contribution in [0.3, 0.4) is 0 Å². The fraction of sp³-hybridized carbons (Fsp3) is 0.583. The maximum atomic E-state index is 11.5. The van der Waals surface area contributed by atoms with Crippen LogP contribution in [0.5, 0.6) is 0 Å². The van der Waals surface area contributed by atoms with E-state index in [1.807, 2.05) is 0 Å². The molecule has 19 heavy (non-hydrogen) atoms. The van der Waals surface area contributed by atoms with Gasteiger partial charge in [0.05, 0.1) is 6.42 Å². The zero-order valence-electron chi connectivity index (χ0n) is 11.3. The number of esters is 1. The smallest absolute Gasteiger partial charge is 0.408 e. The largest absolute Gasteiger partial charge is 0.480 e. The number of aliphatic carboxylic acids is 1. The van der Waals surface area contributed by atoms with E-state index in [0.29, 0.717) is 0 Å². The molecule has 7 heteroatoms. The lowest BCUT2D eigenvalue weighted by molar-refractivity contribution is -0.158. The van der Waals surface area contributed by atoms with Crippen LogP contribution in [0.15, 0.2) is 12.7 Å². The quantitative estimate of drug-likeness (QED) is 0.554. The Morgan fingerprint density at radius 3 is 2.37 bits per heavy atom. The summed E-state index contributed by atoms with van der Waals surface area (Å²) in [7, 11) is 0. The van der Waals surface area contributed by atoms with Gasteiger partial charge in [0.15, 0.2) is 0 Å². The number of ether oxygens (including phenoxy) is 2. The molecule has 0 aliphatic heterocycles. The number of hydrogen-bond acceptors (Lipinski definition) is 5. The van der Waals surface area contributed by atoms with Gasteiger partial charge in [0.1, 0.15) is 18.2 Å². The van der Waals surface area contributed by atoms with Crippen molar-refractivity contribution in [3.05, 3.63) is 12.7 Å². The van der Waals surface area contributed by atoms with Crippen molar-refractivity contribution in [3.63, 3.8) is 0 Å². The molecule has 0 rings (SSSR count). The molecule has 1 unspecified atom stereocenters. The van der Waals surface area contributed by atoms with E-state index in [2.05, 4.69) is 16.6 Å². The molecule has 0 heterocycles. The van der Waals surface area contributed by atoms with Crippen molar-refractivity contribution in [2.45, 2.75) is 38.8 Å². The van der Waals surface area contributed by atoms with Gasteiger partial charge in [-0.25, -0.2) is 9.59 Å². The molecule has 0 spiro atoms. The Morgan fingerprint density at radius 2 is 1.95 bits per heavy atom. The molecule has 0 aliphatic rings. The lowest BCUT2D eigenvalue weighted by atomic mass is 10.1. The van der Waals surface area contributed by atoms with E-state index in [1.165, 1.54) is 6.08 Å². The van der Waals surface area contributed by atoms with Gasteiger partial charge in [0.25, 0.3) is 0 Å². The first kappa shape index (κ1) is 16.9. The highest BCUT2D eigenvalue weighted by Gasteiger charge is 2.26. The van der Waals surface area contributed by atoms with Crippen LogP contribution in [0.1, 0.15) is 27.2 Å². The average molecular weight is 273 g/mol. The zero-order chi connectivity index (χ0) is 15.1. The van der Waals surface area contributed by atoms with Gasteiger partial charge in [0, 0.05) is 0 Å². The molecule has 0 saturated heterocycles. The van der Waals surface area contributed by atoms with Gasteiger partial charge in [-0.3, -0.25) is 4.79 Å². The second-order valence-electron chi connectivity index (χ2n) is 4.71. The minimum absolute atomic E-state index is 0.0510. The van der Waals surface area contributed by atoms with Crippen molar-refractivity contribution in [2.24, 2.45) is 0 Å². The van der Waals surface area contributed by atoms with Crippen LogP contribution in [-0.2, 0) is 19.1 Å². The van der Waals surface area contributed by atoms with Crippen LogP contribution in [0.2, 0.25) is 0 Å². The van der Waals surface area contributed by atoms with Crippen LogP contribution in [0, 0.1) is 0 Å². The van der Waals surface area contributed by atoms with Gasteiger partial charge >= 0.3 is 18.0 Å². The number of carbonyl (C=O) groups is 3. The Bertz CT molecular complexity index is 358. The molecule has 0 bridgehead atoms. The average Bonchev–Trinajstić information content (AvgIpc) is 2.22. The predicted octanol–water partition coefficient (Wildman–Crippen LogP) is 1.08. The maximum absolute atomic E-state index is 11.5. The van der Waals surface area contributed by atoms with Crippen LogP contribution in [0.4, 0.5) is 4.79 Å². The van der Waals surface area contributed by atoms with E-state index in [9.17, 15) is 14.4 Å². The molecule has 0 aliphatic carbocycles. The van der Waals surface area contributed by atoms with Gasteiger partial charge in [-0.2, -0.15) is 0 Å². The number of hydrogen-bond donors (Lipinski definition) is 2.